The van der Waals surface area contributed by atoms with Crippen molar-refractivity contribution in [3.05, 3.63) is 29.3 Å². The molecule has 5 nitrogen and oxygen atoms in total. The number of nitrogen functional groups attached to an aromatic ring is 1. The Morgan fingerprint density at radius 2 is 2.10 bits per heavy atom. The fourth-order valence-electron chi connectivity index (χ4n) is 2.89. The molecule has 21 heavy (non-hydrogen) atoms. The van der Waals surface area contributed by atoms with Gasteiger partial charge in [0, 0.05) is 23.8 Å². The first-order valence-corrected chi connectivity index (χ1v) is 7.49. The summed E-state index contributed by atoms with van der Waals surface area (Å²) in [5, 5.41) is 9.31. The zero-order valence-electron chi connectivity index (χ0n) is 12.9. The second kappa shape index (κ2) is 6.91. The zero-order valence-corrected chi connectivity index (χ0v) is 12.9. The van der Waals surface area contributed by atoms with Crippen LogP contribution in [0, 0.1) is 6.92 Å². The third-order valence-corrected chi connectivity index (χ3v) is 4.22. The van der Waals surface area contributed by atoms with Gasteiger partial charge in [-0.3, -0.25) is 4.79 Å². The van der Waals surface area contributed by atoms with Gasteiger partial charge in [-0.25, -0.2) is 0 Å². The summed E-state index contributed by atoms with van der Waals surface area (Å²) in [6.45, 7) is 4.24. The molecule has 116 valence electrons. The van der Waals surface area contributed by atoms with Gasteiger partial charge in [0.25, 0.3) is 5.91 Å². The van der Waals surface area contributed by atoms with Crippen LogP contribution in [0.15, 0.2) is 18.2 Å². The molecule has 0 bridgehead atoms. The van der Waals surface area contributed by atoms with E-state index in [2.05, 4.69) is 11.9 Å². The molecule has 2 rings (SSSR count). The number of aliphatic hydroxyl groups is 1. The van der Waals surface area contributed by atoms with Crippen molar-refractivity contribution >= 4 is 11.6 Å². The number of aliphatic hydroxyl groups excluding tert-OH is 1. The average Bonchev–Trinajstić information content (AvgIpc) is 2.48. The second-order valence-corrected chi connectivity index (χ2v) is 5.83. The van der Waals surface area contributed by atoms with Crippen molar-refractivity contribution in [3.63, 3.8) is 0 Å². The van der Waals surface area contributed by atoms with E-state index >= 15 is 0 Å². The number of hydrogen-bond donors (Lipinski definition) is 2. The summed E-state index contributed by atoms with van der Waals surface area (Å²) < 4.78 is 0. The van der Waals surface area contributed by atoms with E-state index in [0.29, 0.717) is 17.8 Å². The molecule has 5 heteroatoms. The van der Waals surface area contributed by atoms with Gasteiger partial charge >= 0.3 is 0 Å². The molecule has 3 N–H and O–H groups in total. The molecular formula is C16H25N3O2. The summed E-state index contributed by atoms with van der Waals surface area (Å²) in [6.07, 6.45) is 1.90. The predicted octanol–water partition coefficient (Wildman–Crippen LogP) is 1.11. The molecule has 1 aliphatic rings. The number of carbonyl (C=O) groups excluding carboxylic acids is 1. The van der Waals surface area contributed by atoms with Gasteiger partial charge in [0.15, 0.2) is 0 Å². The van der Waals surface area contributed by atoms with E-state index in [-0.39, 0.29) is 18.6 Å². The lowest BCUT2D eigenvalue weighted by molar-refractivity contribution is 0.0539. The topological polar surface area (TPSA) is 69.8 Å². The number of nitrogens with two attached hydrogens (primary N) is 1. The second-order valence-electron chi connectivity index (χ2n) is 5.83. The van der Waals surface area contributed by atoms with E-state index < -0.39 is 0 Å². The van der Waals surface area contributed by atoms with Crippen molar-refractivity contribution in [1.82, 2.24) is 9.80 Å². The van der Waals surface area contributed by atoms with E-state index in [4.69, 9.17) is 5.73 Å². The summed E-state index contributed by atoms with van der Waals surface area (Å²) in [6, 6.07) is 5.60. The van der Waals surface area contributed by atoms with Crippen LogP contribution in [0.2, 0.25) is 0 Å². The monoisotopic (exact) mass is 291 g/mol. The molecule has 1 fully saturated rings. The number of amides is 1. The van der Waals surface area contributed by atoms with E-state index in [1.807, 2.05) is 17.9 Å². The third-order valence-electron chi connectivity index (χ3n) is 4.22. The first kappa shape index (κ1) is 15.8. The van der Waals surface area contributed by atoms with E-state index in [0.717, 1.165) is 31.5 Å². The predicted molar refractivity (Wildman–Crippen MR) is 84.2 cm³/mol. The van der Waals surface area contributed by atoms with Crippen LogP contribution >= 0.6 is 0 Å². The normalized spacial score (nSPS) is 16.9. The molecule has 1 aliphatic heterocycles. The fraction of sp³-hybridized carbons (Fsp3) is 0.562. The van der Waals surface area contributed by atoms with Crippen LogP contribution in [0.3, 0.4) is 0 Å². The Labute approximate surface area is 126 Å². The van der Waals surface area contributed by atoms with Gasteiger partial charge in [-0.05, 0) is 57.6 Å². The van der Waals surface area contributed by atoms with Gasteiger partial charge in [0.05, 0.1) is 6.61 Å². The molecule has 0 saturated carbocycles. The number of hydrogen-bond acceptors (Lipinski definition) is 4. The van der Waals surface area contributed by atoms with Crippen LogP contribution in [-0.2, 0) is 0 Å². The summed E-state index contributed by atoms with van der Waals surface area (Å²) in [4.78, 5) is 16.9. The Hall–Kier alpha value is -1.59. The Morgan fingerprint density at radius 1 is 1.43 bits per heavy atom. The van der Waals surface area contributed by atoms with Crippen molar-refractivity contribution in [2.75, 3.05) is 39.0 Å². The molecule has 1 heterocycles. The molecule has 1 aromatic rings. The summed E-state index contributed by atoms with van der Waals surface area (Å²) in [7, 11) is 2.09. The first-order valence-electron chi connectivity index (χ1n) is 7.49. The quantitative estimate of drug-likeness (QED) is 0.815. The van der Waals surface area contributed by atoms with Crippen LogP contribution in [0.25, 0.3) is 0 Å². The Balaban J connectivity index is 2.20. The van der Waals surface area contributed by atoms with Gasteiger partial charge in [0.1, 0.15) is 0 Å². The molecule has 0 atom stereocenters. The molecule has 0 unspecified atom stereocenters. The maximum atomic E-state index is 12.8. The molecule has 1 amide bonds. The van der Waals surface area contributed by atoms with Gasteiger partial charge in [-0.1, -0.05) is 6.07 Å². The zero-order chi connectivity index (χ0) is 15.4. The van der Waals surface area contributed by atoms with E-state index in [1.165, 1.54) is 0 Å². The molecule has 0 radical (unpaired) electrons. The number of anilines is 1. The lowest BCUT2D eigenvalue weighted by Gasteiger charge is -2.37. The molecular weight excluding hydrogens is 266 g/mol. The lowest BCUT2D eigenvalue weighted by Crippen LogP contribution is -2.47. The highest BCUT2D eigenvalue weighted by Crippen LogP contribution is 2.21. The number of benzene rings is 1. The van der Waals surface area contributed by atoms with Gasteiger partial charge in [-0.2, -0.15) is 0 Å². The summed E-state index contributed by atoms with van der Waals surface area (Å²) in [5.74, 6) is -0.0246. The van der Waals surface area contributed by atoms with Gasteiger partial charge in [0.2, 0.25) is 0 Å². The summed E-state index contributed by atoms with van der Waals surface area (Å²) in [5.41, 5.74) is 7.97. The highest BCUT2D eigenvalue weighted by atomic mass is 16.3. The van der Waals surface area contributed by atoms with Crippen molar-refractivity contribution in [2.24, 2.45) is 0 Å². The largest absolute Gasteiger partial charge is 0.399 e. The smallest absolute Gasteiger partial charge is 0.254 e. The van der Waals surface area contributed by atoms with E-state index in [9.17, 15) is 9.90 Å². The molecule has 0 spiro atoms. The Kier molecular flexibility index (Phi) is 5.20. The Bertz CT molecular complexity index is 496. The number of nitrogens with zero attached hydrogens (tertiary/aromatic N) is 2. The lowest BCUT2D eigenvalue weighted by atomic mass is 10.0. The minimum absolute atomic E-state index is 0.0144. The summed E-state index contributed by atoms with van der Waals surface area (Å²) >= 11 is 0. The van der Waals surface area contributed by atoms with Crippen molar-refractivity contribution in [2.45, 2.75) is 25.8 Å². The number of rotatable bonds is 4. The minimum Gasteiger partial charge on any atom is -0.399 e. The van der Waals surface area contributed by atoms with Crippen LogP contribution in [-0.4, -0.2) is 60.1 Å². The average molecular weight is 291 g/mol. The SMILES string of the molecule is Cc1ccc(N)cc1C(=O)N(CCO)C1CCN(C)CC1. The first-order chi connectivity index (χ1) is 10.0. The number of carbonyl (C=O) groups is 1. The third kappa shape index (κ3) is 3.74. The van der Waals surface area contributed by atoms with Gasteiger partial charge in [-0.15, -0.1) is 0 Å². The molecule has 0 aliphatic carbocycles. The molecule has 0 aromatic heterocycles. The molecule has 1 aromatic carbocycles. The van der Waals surface area contributed by atoms with Crippen LogP contribution < -0.4 is 5.73 Å². The highest BCUT2D eigenvalue weighted by Gasteiger charge is 2.28. The van der Waals surface area contributed by atoms with Crippen LogP contribution in [0.4, 0.5) is 5.69 Å². The van der Waals surface area contributed by atoms with Crippen molar-refractivity contribution < 1.29 is 9.90 Å². The molecule has 1 saturated heterocycles. The van der Waals surface area contributed by atoms with Crippen molar-refractivity contribution in [1.29, 1.82) is 0 Å². The highest BCUT2D eigenvalue weighted by molar-refractivity contribution is 5.96. The van der Waals surface area contributed by atoms with Gasteiger partial charge < -0.3 is 20.6 Å². The number of aryl methyl sites for hydroxylation is 1. The van der Waals surface area contributed by atoms with Crippen molar-refractivity contribution in [3.8, 4) is 0 Å². The standard InChI is InChI=1S/C16H25N3O2/c1-12-3-4-13(17)11-15(12)16(21)19(9-10-20)14-5-7-18(2)8-6-14/h3-4,11,14,20H,5-10,17H2,1-2H3. The van der Waals surface area contributed by atoms with Crippen LogP contribution in [0.1, 0.15) is 28.8 Å². The maximum Gasteiger partial charge on any atom is 0.254 e. The maximum absolute atomic E-state index is 12.8. The fourth-order valence-corrected chi connectivity index (χ4v) is 2.89. The minimum atomic E-state index is -0.0246. The van der Waals surface area contributed by atoms with Crippen LogP contribution in [0.5, 0.6) is 0 Å². The Morgan fingerprint density at radius 3 is 2.71 bits per heavy atom. The number of likely N-dealkylation sites (tertiary alicyclic amines) is 1. The number of piperidine rings is 1. The van der Waals surface area contributed by atoms with E-state index in [1.54, 1.807) is 12.1 Å².